The molecule has 0 amide bonds. The molecular weight excluding hydrogens is 310 g/mol. The number of aromatic amines is 1. The number of nitrogens with one attached hydrogen (secondary N) is 3. The molecule has 2 aliphatic rings. The van der Waals surface area contributed by atoms with E-state index in [0.29, 0.717) is 10.9 Å². The molecule has 2 aromatic rings. The Morgan fingerprint density at radius 3 is 2.87 bits per heavy atom. The highest BCUT2D eigenvalue weighted by Gasteiger charge is 2.35. The predicted octanol–water partition coefficient (Wildman–Crippen LogP) is 3.36. The van der Waals surface area contributed by atoms with Crippen LogP contribution in [0.15, 0.2) is 41.9 Å². The smallest absolute Gasteiger partial charge is 0.196 e. The fourth-order valence-electron chi connectivity index (χ4n) is 3.48. The van der Waals surface area contributed by atoms with Crippen LogP contribution in [-0.4, -0.2) is 23.3 Å². The minimum absolute atomic E-state index is 0.174. The van der Waals surface area contributed by atoms with Crippen molar-refractivity contribution in [3.8, 4) is 0 Å². The topological polar surface area (TPSA) is 57.1 Å². The van der Waals surface area contributed by atoms with Crippen LogP contribution in [0.4, 0.5) is 5.82 Å². The van der Waals surface area contributed by atoms with Crippen molar-refractivity contribution in [2.75, 3.05) is 18.4 Å². The number of rotatable bonds is 2. The van der Waals surface area contributed by atoms with E-state index >= 15 is 0 Å². The molecule has 116 valence electrons. The lowest BCUT2D eigenvalue weighted by atomic mass is 9.84. The molecule has 3 N–H and O–H groups in total. The molecule has 5 nitrogen and oxygen atoms in total. The van der Waals surface area contributed by atoms with Gasteiger partial charge in [-0.25, -0.2) is 4.85 Å². The molecular formula is C17H16ClN5. The van der Waals surface area contributed by atoms with Gasteiger partial charge >= 0.3 is 0 Å². The van der Waals surface area contributed by atoms with E-state index in [9.17, 15) is 0 Å². The first-order valence-electron chi connectivity index (χ1n) is 7.66. The zero-order chi connectivity index (χ0) is 15.8. The first-order valence-corrected chi connectivity index (χ1v) is 8.04. The lowest BCUT2D eigenvalue weighted by Crippen LogP contribution is -2.23. The van der Waals surface area contributed by atoms with Crippen LogP contribution in [0.25, 0.3) is 4.85 Å². The minimum atomic E-state index is -0.174. The third-order valence-electron chi connectivity index (χ3n) is 4.59. The normalized spacial score (nSPS) is 23.3. The number of halogens is 1. The quantitative estimate of drug-likeness (QED) is 0.742. The van der Waals surface area contributed by atoms with E-state index in [1.165, 1.54) is 0 Å². The van der Waals surface area contributed by atoms with Gasteiger partial charge in [-0.3, -0.25) is 5.10 Å². The molecule has 0 aliphatic carbocycles. The monoisotopic (exact) mass is 325 g/mol. The van der Waals surface area contributed by atoms with Crippen LogP contribution in [0.3, 0.4) is 0 Å². The minimum Gasteiger partial charge on any atom is -0.354 e. The Kier molecular flexibility index (Phi) is 3.56. The second-order valence-electron chi connectivity index (χ2n) is 5.88. The first-order chi connectivity index (χ1) is 11.3. The molecule has 0 saturated carbocycles. The fourth-order valence-corrected chi connectivity index (χ4v) is 3.72. The highest BCUT2D eigenvalue weighted by Crippen LogP contribution is 2.45. The van der Waals surface area contributed by atoms with E-state index in [0.717, 1.165) is 47.8 Å². The molecule has 3 heterocycles. The van der Waals surface area contributed by atoms with Crippen molar-refractivity contribution in [1.29, 1.82) is 0 Å². The third kappa shape index (κ3) is 2.31. The number of allylic oxidation sites excluding steroid dienone is 1. The average Bonchev–Trinajstić information content (AvgIpc) is 3.25. The molecule has 0 spiro atoms. The number of hydrogen-bond donors (Lipinski definition) is 3. The molecule has 0 radical (unpaired) electrons. The number of nitrogens with zero attached hydrogens (tertiary/aromatic N) is 2. The molecule has 1 aromatic carbocycles. The standard InChI is InChI=1S/C17H16ClN5/c1-19-16-14(11-4-2-3-5-13(11)18)12-9-21-23-17(12)22-15(16)10-6-7-20-8-10/h2-5,9-10,14,20H,6-8H2,(H2,21,22,23). The molecule has 1 fully saturated rings. The van der Waals surface area contributed by atoms with Crippen molar-refractivity contribution < 1.29 is 0 Å². The second kappa shape index (κ2) is 5.73. The van der Waals surface area contributed by atoms with Gasteiger partial charge in [0, 0.05) is 28.7 Å². The molecule has 4 rings (SSSR count). The van der Waals surface area contributed by atoms with Crippen molar-refractivity contribution in [2.24, 2.45) is 5.92 Å². The molecule has 2 atom stereocenters. The number of hydrogen-bond acceptors (Lipinski definition) is 3. The lowest BCUT2D eigenvalue weighted by molar-refractivity contribution is 0.665. The van der Waals surface area contributed by atoms with Gasteiger partial charge in [-0.15, -0.1) is 0 Å². The van der Waals surface area contributed by atoms with Gasteiger partial charge in [0.25, 0.3) is 0 Å². The van der Waals surface area contributed by atoms with Gasteiger partial charge in [-0.1, -0.05) is 29.8 Å². The average molecular weight is 326 g/mol. The zero-order valence-electron chi connectivity index (χ0n) is 12.4. The zero-order valence-corrected chi connectivity index (χ0v) is 13.2. The summed E-state index contributed by atoms with van der Waals surface area (Å²) in [7, 11) is 0. The van der Waals surface area contributed by atoms with E-state index < -0.39 is 0 Å². The molecule has 1 aromatic heterocycles. The van der Waals surface area contributed by atoms with Crippen LogP contribution in [0.2, 0.25) is 5.02 Å². The van der Waals surface area contributed by atoms with Crippen LogP contribution >= 0.6 is 11.6 Å². The molecule has 2 unspecified atom stereocenters. The Morgan fingerprint density at radius 1 is 1.26 bits per heavy atom. The van der Waals surface area contributed by atoms with Crippen LogP contribution in [-0.2, 0) is 0 Å². The SMILES string of the molecule is [C-]#[N+]C1=C(C2CCNC2)Nc2[nH]ncc2C1c1ccccc1Cl. The second-order valence-corrected chi connectivity index (χ2v) is 6.29. The largest absolute Gasteiger partial charge is 0.354 e. The van der Waals surface area contributed by atoms with Gasteiger partial charge in [0.2, 0.25) is 0 Å². The summed E-state index contributed by atoms with van der Waals surface area (Å²) < 4.78 is 0. The van der Waals surface area contributed by atoms with Crippen LogP contribution in [0, 0.1) is 12.5 Å². The summed E-state index contributed by atoms with van der Waals surface area (Å²) in [5.41, 5.74) is 3.64. The molecule has 0 bridgehead atoms. The first kappa shape index (κ1) is 14.3. The fraction of sp³-hybridized carbons (Fsp3) is 0.294. The number of anilines is 1. The van der Waals surface area contributed by atoms with Crippen molar-refractivity contribution >= 4 is 17.4 Å². The van der Waals surface area contributed by atoms with Crippen LogP contribution < -0.4 is 10.6 Å². The maximum absolute atomic E-state index is 7.77. The van der Waals surface area contributed by atoms with E-state index in [1.54, 1.807) is 6.20 Å². The predicted molar refractivity (Wildman–Crippen MR) is 90.1 cm³/mol. The summed E-state index contributed by atoms with van der Waals surface area (Å²) in [5.74, 6) is 1.01. The number of aromatic nitrogens is 2. The molecule has 23 heavy (non-hydrogen) atoms. The highest BCUT2D eigenvalue weighted by molar-refractivity contribution is 6.31. The van der Waals surface area contributed by atoms with Crippen LogP contribution in [0.1, 0.15) is 23.5 Å². The number of fused-ring (bicyclic) bond motifs is 1. The Labute approximate surface area is 139 Å². The van der Waals surface area contributed by atoms with Gasteiger partial charge in [0.15, 0.2) is 5.70 Å². The van der Waals surface area contributed by atoms with Gasteiger partial charge < -0.3 is 10.6 Å². The van der Waals surface area contributed by atoms with E-state index in [-0.39, 0.29) is 5.92 Å². The van der Waals surface area contributed by atoms with E-state index in [1.807, 2.05) is 24.3 Å². The van der Waals surface area contributed by atoms with Gasteiger partial charge in [-0.05, 0) is 24.6 Å². The third-order valence-corrected chi connectivity index (χ3v) is 4.94. The summed E-state index contributed by atoms with van der Waals surface area (Å²) in [6.07, 6.45) is 2.81. The summed E-state index contributed by atoms with van der Waals surface area (Å²) in [4.78, 5) is 3.89. The Hall–Kier alpha value is -2.29. The van der Waals surface area contributed by atoms with Crippen molar-refractivity contribution in [3.63, 3.8) is 0 Å². The summed E-state index contributed by atoms with van der Waals surface area (Å²) >= 11 is 6.43. The van der Waals surface area contributed by atoms with Gasteiger partial charge in [0.1, 0.15) is 5.82 Å². The maximum atomic E-state index is 7.77. The van der Waals surface area contributed by atoms with Crippen molar-refractivity contribution in [1.82, 2.24) is 15.5 Å². The van der Waals surface area contributed by atoms with Crippen molar-refractivity contribution in [3.05, 3.63) is 69.4 Å². The van der Waals surface area contributed by atoms with E-state index in [2.05, 4.69) is 25.7 Å². The number of benzene rings is 1. The van der Waals surface area contributed by atoms with Crippen molar-refractivity contribution in [2.45, 2.75) is 12.3 Å². The molecule has 6 heteroatoms. The van der Waals surface area contributed by atoms with E-state index in [4.69, 9.17) is 18.2 Å². The van der Waals surface area contributed by atoms with Gasteiger partial charge in [-0.2, -0.15) is 5.10 Å². The summed E-state index contributed by atoms with van der Waals surface area (Å²) in [5, 5.41) is 14.6. The Balaban J connectivity index is 1.90. The Morgan fingerprint density at radius 2 is 2.13 bits per heavy atom. The molecule has 2 aliphatic heterocycles. The summed E-state index contributed by atoms with van der Waals surface area (Å²) in [6.45, 7) is 9.64. The lowest BCUT2D eigenvalue weighted by Gasteiger charge is -2.29. The van der Waals surface area contributed by atoms with Gasteiger partial charge in [0.05, 0.1) is 18.7 Å². The van der Waals surface area contributed by atoms with Crippen LogP contribution in [0.5, 0.6) is 0 Å². The number of H-pyrrole nitrogens is 1. The molecule has 1 saturated heterocycles. The Bertz CT molecular complexity index is 810. The maximum Gasteiger partial charge on any atom is 0.196 e. The highest BCUT2D eigenvalue weighted by atomic mass is 35.5. The summed E-state index contributed by atoms with van der Waals surface area (Å²) in [6, 6.07) is 7.73.